The maximum atomic E-state index is 12.5. The standard InChI is InChI=1S/C30H42O2/c1-3-5-7-8-9-11-25-12-16-26(17-13-25)27-20-22-29(23-21-27)32-30(31)28-18-14-24(15-19-28)10-6-4-2/h12-19,27,29H,3-11,20-23H2,1-2H3/t27-,29-. The summed E-state index contributed by atoms with van der Waals surface area (Å²) in [5, 5.41) is 0. The number of hydrogen-bond donors (Lipinski definition) is 0. The van der Waals surface area contributed by atoms with Crippen molar-refractivity contribution in [3.05, 3.63) is 70.8 Å². The molecule has 1 aliphatic rings. The highest BCUT2D eigenvalue weighted by Gasteiger charge is 2.25. The van der Waals surface area contributed by atoms with Crippen molar-refractivity contribution >= 4 is 5.97 Å². The van der Waals surface area contributed by atoms with Crippen LogP contribution in [0.3, 0.4) is 0 Å². The predicted octanol–water partition coefficient (Wildman–Crippen LogP) is 8.43. The molecule has 1 aliphatic carbocycles. The fourth-order valence-corrected chi connectivity index (χ4v) is 4.81. The number of hydrogen-bond acceptors (Lipinski definition) is 2. The van der Waals surface area contributed by atoms with Gasteiger partial charge in [-0.15, -0.1) is 0 Å². The van der Waals surface area contributed by atoms with Crippen molar-refractivity contribution in [1.29, 1.82) is 0 Å². The molecule has 1 saturated carbocycles. The fraction of sp³-hybridized carbons (Fsp3) is 0.567. The summed E-state index contributed by atoms with van der Waals surface area (Å²) in [6, 6.07) is 17.3. The monoisotopic (exact) mass is 434 g/mol. The Morgan fingerprint density at radius 1 is 0.719 bits per heavy atom. The molecule has 2 heteroatoms. The summed E-state index contributed by atoms with van der Waals surface area (Å²) in [5.74, 6) is 0.431. The van der Waals surface area contributed by atoms with Crippen LogP contribution in [0, 0.1) is 0 Å². The molecule has 0 bridgehead atoms. The number of carbonyl (C=O) groups is 1. The zero-order valence-electron chi connectivity index (χ0n) is 20.3. The van der Waals surface area contributed by atoms with Crippen molar-refractivity contribution in [2.24, 2.45) is 0 Å². The first-order chi connectivity index (χ1) is 15.7. The molecule has 2 aromatic carbocycles. The molecule has 0 saturated heterocycles. The van der Waals surface area contributed by atoms with Gasteiger partial charge in [-0.05, 0) is 86.1 Å². The van der Waals surface area contributed by atoms with E-state index >= 15 is 0 Å². The summed E-state index contributed by atoms with van der Waals surface area (Å²) < 4.78 is 5.83. The number of aryl methyl sites for hydroxylation is 2. The van der Waals surface area contributed by atoms with Crippen molar-refractivity contribution in [3.63, 3.8) is 0 Å². The van der Waals surface area contributed by atoms with E-state index < -0.39 is 0 Å². The molecule has 0 heterocycles. The van der Waals surface area contributed by atoms with E-state index in [9.17, 15) is 4.79 Å². The first kappa shape index (κ1) is 24.6. The Morgan fingerprint density at radius 3 is 1.91 bits per heavy atom. The Morgan fingerprint density at radius 2 is 1.28 bits per heavy atom. The van der Waals surface area contributed by atoms with Gasteiger partial charge in [0.15, 0.2) is 0 Å². The molecule has 0 aromatic heterocycles. The lowest BCUT2D eigenvalue weighted by atomic mass is 9.82. The van der Waals surface area contributed by atoms with E-state index in [1.54, 1.807) is 0 Å². The highest BCUT2D eigenvalue weighted by molar-refractivity contribution is 5.89. The smallest absolute Gasteiger partial charge is 0.338 e. The second kappa shape index (κ2) is 13.5. The predicted molar refractivity (Wildman–Crippen MR) is 134 cm³/mol. The third kappa shape index (κ3) is 7.80. The minimum Gasteiger partial charge on any atom is -0.459 e. The molecule has 174 valence electrons. The van der Waals surface area contributed by atoms with Gasteiger partial charge >= 0.3 is 5.97 Å². The van der Waals surface area contributed by atoms with Gasteiger partial charge < -0.3 is 4.74 Å². The average molecular weight is 435 g/mol. The Balaban J connectivity index is 1.40. The zero-order valence-corrected chi connectivity index (χ0v) is 20.3. The Kier molecular flexibility index (Phi) is 10.3. The zero-order chi connectivity index (χ0) is 22.6. The van der Waals surface area contributed by atoms with E-state index in [1.807, 2.05) is 12.1 Å². The van der Waals surface area contributed by atoms with Gasteiger partial charge in [0.1, 0.15) is 6.10 Å². The van der Waals surface area contributed by atoms with Crippen LogP contribution in [-0.2, 0) is 17.6 Å². The van der Waals surface area contributed by atoms with Crippen LogP contribution in [0.5, 0.6) is 0 Å². The van der Waals surface area contributed by atoms with Gasteiger partial charge in [-0.1, -0.05) is 82.3 Å². The molecule has 0 aliphatic heterocycles. The van der Waals surface area contributed by atoms with Crippen LogP contribution in [0.4, 0.5) is 0 Å². The Hall–Kier alpha value is -2.09. The van der Waals surface area contributed by atoms with Crippen LogP contribution in [0.15, 0.2) is 48.5 Å². The van der Waals surface area contributed by atoms with Gasteiger partial charge in [-0.2, -0.15) is 0 Å². The summed E-state index contributed by atoms with van der Waals surface area (Å²) in [6.07, 6.45) is 15.5. The number of unbranched alkanes of at least 4 members (excludes halogenated alkanes) is 5. The number of esters is 1. The van der Waals surface area contributed by atoms with E-state index in [0.717, 1.165) is 32.1 Å². The Bertz CT molecular complexity index is 783. The largest absolute Gasteiger partial charge is 0.459 e. The van der Waals surface area contributed by atoms with Crippen molar-refractivity contribution in [1.82, 2.24) is 0 Å². The maximum absolute atomic E-state index is 12.5. The van der Waals surface area contributed by atoms with Crippen LogP contribution in [0.1, 0.15) is 117 Å². The number of ether oxygens (including phenoxy) is 1. The topological polar surface area (TPSA) is 26.3 Å². The minimum atomic E-state index is -0.168. The third-order valence-corrected chi connectivity index (χ3v) is 6.98. The fourth-order valence-electron chi connectivity index (χ4n) is 4.81. The van der Waals surface area contributed by atoms with Gasteiger partial charge in [-0.25, -0.2) is 4.79 Å². The number of benzene rings is 2. The lowest BCUT2D eigenvalue weighted by Gasteiger charge is -2.28. The van der Waals surface area contributed by atoms with Gasteiger partial charge in [0, 0.05) is 0 Å². The second-order valence-electron chi connectivity index (χ2n) is 9.59. The van der Waals surface area contributed by atoms with E-state index in [4.69, 9.17) is 4.74 Å². The molecule has 0 amide bonds. The van der Waals surface area contributed by atoms with Crippen molar-refractivity contribution < 1.29 is 9.53 Å². The molecule has 0 radical (unpaired) electrons. The van der Waals surface area contributed by atoms with E-state index in [0.29, 0.717) is 11.5 Å². The quantitative estimate of drug-likeness (QED) is 0.247. The molecular formula is C30H42O2. The normalized spacial score (nSPS) is 18.4. The first-order valence-corrected chi connectivity index (χ1v) is 13.1. The summed E-state index contributed by atoms with van der Waals surface area (Å²) in [7, 11) is 0. The van der Waals surface area contributed by atoms with E-state index in [1.165, 1.54) is 68.1 Å². The van der Waals surface area contributed by atoms with Gasteiger partial charge in [-0.3, -0.25) is 0 Å². The highest BCUT2D eigenvalue weighted by atomic mass is 16.5. The number of carbonyl (C=O) groups excluding carboxylic acids is 1. The molecule has 1 fully saturated rings. The van der Waals surface area contributed by atoms with Crippen LogP contribution in [0.25, 0.3) is 0 Å². The van der Waals surface area contributed by atoms with Crippen molar-refractivity contribution in [2.45, 2.75) is 109 Å². The number of rotatable bonds is 12. The lowest BCUT2D eigenvalue weighted by molar-refractivity contribution is 0.0195. The molecular weight excluding hydrogens is 392 g/mol. The van der Waals surface area contributed by atoms with Gasteiger partial charge in [0.25, 0.3) is 0 Å². The highest BCUT2D eigenvalue weighted by Crippen LogP contribution is 2.34. The molecule has 0 unspecified atom stereocenters. The second-order valence-corrected chi connectivity index (χ2v) is 9.59. The molecule has 3 rings (SSSR count). The summed E-state index contributed by atoms with van der Waals surface area (Å²) in [6.45, 7) is 4.47. The minimum absolute atomic E-state index is 0.0564. The average Bonchev–Trinajstić information content (AvgIpc) is 2.84. The van der Waals surface area contributed by atoms with E-state index in [-0.39, 0.29) is 12.1 Å². The lowest BCUT2D eigenvalue weighted by Crippen LogP contribution is -2.24. The van der Waals surface area contributed by atoms with Crippen LogP contribution < -0.4 is 0 Å². The molecule has 0 atom stereocenters. The molecule has 2 nitrogen and oxygen atoms in total. The molecule has 0 spiro atoms. The van der Waals surface area contributed by atoms with Crippen molar-refractivity contribution in [3.8, 4) is 0 Å². The van der Waals surface area contributed by atoms with Gasteiger partial charge in [0.2, 0.25) is 0 Å². The SMILES string of the molecule is CCCCCCCc1ccc([C@H]2CC[C@H](OC(=O)c3ccc(CCCC)cc3)CC2)cc1. The van der Waals surface area contributed by atoms with Crippen LogP contribution in [-0.4, -0.2) is 12.1 Å². The summed E-state index contributed by atoms with van der Waals surface area (Å²) in [5.41, 5.74) is 4.89. The third-order valence-electron chi connectivity index (χ3n) is 6.98. The summed E-state index contributed by atoms with van der Waals surface area (Å²) >= 11 is 0. The van der Waals surface area contributed by atoms with Crippen LogP contribution in [0.2, 0.25) is 0 Å². The van der Waals surface area contributed by atoms with Gasteiger partial charge in [0.05, 0.1) is 5.56 Å². The molecule has 2 aromatic rings. The maximum Gasteiger partial charge on any atom is 0.338 e. The first-order valence-electron chi connectivity index (χ1n) is 13.1. The van der Waals surface area contributed by atoms with E-state index in [2.05, 4.69) is 50.2 Å². The van der Waals surface area contributed by atoms with Crippen molar-refractivity contribution in [2.75, 3.05) is 0 Å². The molecule has 32 heavy (non-hydrogen) atoms. The summed E-state index contributed by atoms with van der Waals surface area (Å²) in [4.78, 5) is 12.5. The van der Waals surface area contributed by atoms with Crippen LogP contribution >= 0.6 is 0 Å². The molecule has 0 N–H and O–H groups in total. The Labute approximate surface area is 195 Å².